The Kier molecular flexibility index (Phi) is 4.76. The summed E-state index contributed by atoms with van der Waals surface area (Å²) in [6.45, 7) is 3.40. The minimum absolute atomic E-state index is 0.297. The van der Waals surface area contributed by atoms with Crippen molar-refractivity contribution in [3.63, 3.8) is 0 Å². The van der Waals surface area contributed by atoms with Crippen molar-refractivity contribution in [1.29, 1.82) is 0 Å². The lowest BCUT2D eigenvalue weighted by molar-refractivity contribution is -0.128. The van der Waals surface area contributed by atoms with Gasteiger partial charge in [-0.1, -0.05) is 24.3 Å². The number of amides is 1. The largest absolute Gasteiger partial charge is 0.478 e. The Morgan fingerprint density at radius 3 is 2.59 bits per heavy atom. The van der Waals surface area contributed by atoms with Gasteiger partial charge in [0.05, 0.1) is 0 Å². The number of hydrogen-bond donors (Lipinski definition) is 1. The molecule has 0 saturated carbocycles. The molecule has 1 heterocycles. The van der Waals surface area contributed by atoms with Gasteiger partial charge in [0.2, 0.25) is 5.89 Å². The molecule has 0 fully saturated rings. The van der Waals surface area contributed by atoms with E-state index in [0.29, 0.717) is 34.0 Å². The van der Waals surface area contributed by atoms with Crippen LogP contribution in [0.4, 0.5) is 10.1 Å². The van der Waals surface area contributed by atoms with Crippen LogP contribution in [0.5, 0.6) is 5.75 Å². The molecule has 0 bridgehead atoms. The second-order valence-electron chi connectivity index (χ2n) is 7.09. The number of carbonyl (C=O) groups is 1. The number of halogens is 1. The molecule has 3 aromatic carbocycles. The van der Waals surface area contributed by atoms with Crippen molar-refractivity contribution in [2.45, 2.75) is 19.4 Å². The number of nitrogens with zero attached hydrogens (tertiary/aromatic N) is 1. The summed E-state index contributed by atoms with van der Waals surface area (Å²) in [6, 6.07) is 20.3. The maximum atomic E-state index is 13.5. The Morgan fingerprint density at radius 2 is 1.83 bits per heavy atom. The van der Waals surface area contributed by atoms with Crippen molar-refractivity contribution in [3.05, 3.63) is 78.6 Å². The van der Waals surface area contributed by atoms with Gasteiger partial charge in [0.15, 0.2) is 11.2 Å². The number of hydrogen-bond acceptors (Lipinski definition) is 4. The third-order valence-electron chi connectivity index (χ3n) is 4.38. The van der Waals surface area contributed by atoms with Crippen LogP contribution in [0.2, 0.25) is 0 Å². The average molecular weight is 390 g/mol. The number of para-hydroxylation sites is 1. The normalized spacial score (nSPS) is 11.4. The number of anilines is 1. The molecule has 0 radical (unpaired) electrons. The second kappa shape index (κ2) is 7.39. The minimum Gasteiger partial charge on any atom is -0.478 e. The van der Waals surface area contributed by atoms with Crippen molar-refractivity contribution in [3.8, 4) is 17.2 Å². The fourth-order valence-electron chi connectivity index (χ4n) is 2.86. The van der Waals surface area contributed by atoms with Gasteiger partial charge >= 0.3 is 0 Å². The van der Waals surface area contributed by atoms with Crippen LogP contribution in [0.15, 0.2) is 77.2 Å². The van der Waals surface area contributed by atoms with E-state index in [2.05, 4.69) is 10.3 Å². The van der Waals surface area contributed by atoms with Crippen LogP contribution < -0.4 is 10.1 Å². The van der Waals surface area contributed by atoms with Crippen LogP contribution in [0, 0.1) is 5.82 Å². The third kappa shape index (κ3) is 4.11. The van der Waals surface area contributed by atoms with Crippen LogP contribution in [0.3, 0.4) is 0 Å². The number of ether oxygens (including phenoxy) is 1. The Morgan fingerprint density at radius 1 is 1.03 bits per heavy atom. The van der Waals surface area contributed by atoms with Gasteiger partial charge < -0.3 is 14.5 Å². The molecule has 1 N–H and O–H groups in total. The highest BCUT2D eigenvalue weighted by atomic mass is 19.1. The SMILES string of the molecule is CC(C)(Oc1ccccc1)C(=O)Nc1ccc2oc(-c3cccc(F)c3)nc2c1. The summed E-state index contributed by atoms with van der Waals surface area (Å²) in [6.07, 6.45) is 0. The molecule has 4 rings (SSSR count). The molecule has 1 aromatic heterocycles. The first-order valence-electron chi connectivity index (χ1n) is 9.13. The Balaban J connectivity index is 1.54. The number of aromatic nitrogens is 1. The Labute approximate surface area is 167 Å². The fourth-order valence-corrected chi connectivity index (χ4v) is 2.86. The monoisotopic (exact) mass is 390 g/mol. The molecule has 0 unspecified atom stereocenters. The number of nitrogens with one attached hydrogen (secondary N) is 1. The zero-order chi connectivity index (χ0) is 20.4. The lowest BCUT2D eigenvalue weighted by Gasteiger charge is -2.25. The van der Waals surface area contributed by atoms with Gasteiger partial charge in [0, 0.05) is 11.3 Å². The summed E-state index contributed by atoms with van der Waals surface area (Å²) in [5.74, 6) is 0.267. The molecule has 0 atom stereocenters. The maximum Gasteiger partial charge on any atom is 0.267 e. The van der Waals surface area contributed by atoms with Crippen molar-refractivity contribution < 1.29 is 18.3 Å². The molecule has 5 nitrogen and oxygen atoms in total. The third-order valence-corrected chi connectivity index (χ3v) is 4.38. The molecule has 0 spiro atoms. The molecular weight excluding hydrogens is 371 g/mol. The van der Waals surface area contributed by atoms with Crippen LogP contribution in [-0.4, -0.2) is 16.5 Å². The molecule has 0 aliphatic carbocycles. The van der Waals surface area contributed by atoms with E-state index < -0.39 is 5.60 Å². The highest BCUT2D eigenvalue weighted by Gasteiger charge is 2.30. The van der Waals surface area contributed by atoms with Gasteiger partial charge in [-0.25, -0.2) is 9.37 Å². The smallest absolute Gasteiger partial charge is 0.267 e. The van der Waals surface area contributed by atoms with Gasteiger partial charge in [-0.3, -0.25) is 4.79 Å². The molecular formula is C23H19FN2O3. The van der Waals surface area contributed by atoms with Crippen molar-refractivity contribution in [2.24, 2.45) is 0 Å². The highest BCUT2D eigenvalue weighted by molar-refractivity contribution is 5.98. The molecule has 0 aliphatic rings. The predicted octanol–water partition coefficient (Wildman–Crippen LogP) is 5.43. The van der Waals surface area contributed by atoms with Crippen LogP contribution in [-0.2, 0) is 4.79 Å². The summed E-state index contributed by atoms with van der Waals surface area (Å²) < 4.78 is 25.0. The highest BCUT2D eigenvalue weighted by Crippen LogP contribution is 2.27. The summed E-state index contributed by atoms with van der Waals surface area (Å²) in [4.78, 5) is 17.1. The van der Waals surface area contributed by atoms with Crippen molar-refractivity contribution >= 4 is 22.7 Å². The first-order valence-corrected chi connectivity index (χ1v) is 9.13. The first-order chi connectivity index (χ1) is 13.9. The van der Waals surface area contributed by atoms with Gasteiger partial charge in [0.25, 0.3) is 5.91 Å². The summed E-state index contributed by atoms with van der Waals surface area (Å²) in [7, 11) is 0. The van der Waals surface area contributed by atoms with E-state index in [1.54, 1.807) is 56.3 Å². The Hall–Kier alpha value is -3.67. The van der Waals surface area contributed by atoms with E-state index in [9.17, 15) is 9.18 Å². The van der Waals surface area contributed by atoms with E-state index in [4.69, 9.17) is 9.15 Å². The van der Waals surface area contributed by atoms with E-state index in [1.807, 2.05) is 18.2 Å². The van der Waals surface area contributed by atoms with Gasteiger partial charge in [-0.15, -0.1) is 0 Å². The molecule has 6 heteroatoms. The number of oxazole rings is 1. The van der Waals surface area contributed by atoms with Crippen LogP contribution in [0.25, 0.3) is 22.6 Å². The number of carbonyl (C=O) groups excluding carboxylic acids is 1. The van der Waals surface area contributed by atoms with E-state index in [0.717, 1.165) is 0 Å². The zero-order valence-electron chi connectivity index (χ0n) is 16.0. The van der Waals surface area contributed by atoms with Gasteiger partial charge in [0.1, 0.15) is 17.1 Å². The molecule has 0 aliphatic heterocycles. The predicted molar refractivity (Wildman–Crippen MR) is 109 cm³/mol. The fraction of sp³-hybridized carbons (Fsp3) is 0.130. The first kappa shape index (κ1) is 18.7. The van der Waals surface area contributed by atoms with Gasteiger partial charge in [-0.2, -0.15) is 0 Å². The lowest BCUT2D eigenvalue weighted by atomic mass is 10.1. The van der Waals surface area contributed by atoms with E-state index in [1.165, 1.54) is 12.1 Å². The zero-order valence-corrected chi connectivity index (χ0v) is 16.0. The van der Waals surface area contributed by atoms with E-state index in [-0.39, 0.29) is 11.7 Å². The van der Waals surface area contributed by atoms with Crippen LogP contribution in [0.1, 0.15) is 13.8 Å². The molecule has 146 valence electrons. The van der Waals surface area contributed by atoms with Crippen molar-refractivity contribution in [1.82, 2.24) is 4.98 Å². The number of fused-ring (bicyclic) bond motifs is 1. The van der Waals surface area contributed by atoms with Crippen LogP contribution >= 0.6 is 0 Å². The number of benzene rings is 3. The molecule has 0 saturated heterocycles. The molecule has 1 amide bonds. The van der Waals surface area contributed by atoms with E-state index >= 15 is 0 Å². The molecule has 29 heavy (non-hydrogen) atoms. The summed E-state index contributed by atoms with van der Waals surface area (Å²) >= 11 is 0. The van der Waals surface area contributed by atoms with Crippen molar-refractivity contribution in [2.75, 3.05) is 5.32 Å². The minimum atomic E-state index is -1.08. The average Bonchev–Trinajstić information content (AvgIpc) is 3.12. The Bertz CT molecular complexity index is 1170. The quantitative estimate of drug-likeness (QED) is 0.493. The molecule has 4 aromatic rings. The summed E-state index contributed by atoms with van der Waals surface area (Å²) in [5.41, 5.74) is 1.13. The lowest BCUT2D eigenvalue weighted by Crippen LogP contribution is -2.42. The second-order valence-corrected chi connectivity index (χ2v) is 7.09. The standard InChI is InChI=1S/C23H19FN2O3/c1-23(2,29-18-9-4-3-5-10-18)22(27)25-17-11-12-20-19(14-17)26-21(28-20)15-7-6-8-16(24)13-15/h3-14H,1-2H3,(H,25,27). The maximum absolute atomic E-state index is 13.5. The number of rotatable bonds is 5. The summed E-state index contributed by atoms with van der Waals surface area (Å²) in [5, 5.41) is 2.85. The van der Waals surface area contributed by atoms with Gasteiger partial charge in [-0.05, 0) is 62.4 Å². The topological polar surface area (TPSA) is 64.4 Å².